The predicted molar refractivity (Wildman–Crippen MR) is 87.8 cm³/mol. The Labute approximate surface area is 132 Å². The number of benzene rings is 1. The molecular formula is C15H24ClN3O2. The fraction of sp³-hybridized carbons (Fsp3) is 0.467. The van der Waals surface area contributed by atoms with Crippen molar-refractivity contribution in [1.82, 2.24) is 5.32 Å². The minimum atomic E-state index is -0.126. The van der Waals surface area contributed by atoms with Gasteiger partial charge in [-0.05, 0) is 38.0 Å². The third kappa shape index (κ3) is 7.68. The molecule has 0 aliphatic rings. The molecule has 1 unspecified atom stereocenters. The lowest BCUT2D eigenvalue weighted by molar-refractivity contribution is -0.116. The van der Waals surface area contributed by atoms with Crippen LogP contribution in [0.25, 0.3) is 0 Å². The van der Waals surface area contributed by atoms with Crippen molar-refractivity contribution in [2.24, 2.45) is 5.73 Å². The molecule has 0 heterocycles. The molecule has 0 aliphatic heterocycles. The first-order chi connectivity index (χ1) is 9.52. The molecule has 1 aromatic carbocycles. The van der Waals surface area contributed by atoms with E-state index in [2.05, 4.69) is 10.6 Å². The van der Waals surface area contributed by atoms with Crippen LogP contribution < -0.4 is 16.4 Å². The molecule has 1 aromatic rings. The van der Waals surface area contributed by atoms with Crippen molar-refractivity contribution in [3.63, 3.8) is 0 Å². The van der Waals surface area contributed by atoms with Crippen LogP contribution in [0.15, 0.2) is 24.3 Å². The summed E-state index contributed by atoms with van der Waals surface area (Å²) in [6.07, 6.45) is 1.91. The molecule has 0 spiro atoms. The number of anilines is 1. The highest BCUT2D eigenvalue weighted by molar-refractivity contribution is 5.97. The van der Waals surface area contributed by atoms with Gasteiger partial charge in [-0.15, -0.1) is 12.4 Å². The summed E-state index contributed by atoms with van der Waals surface area (Å²) in [7, 11) is 0. The Morgan fingerprint density at radius 3 is 2.67 bits per heavy atom. The van der Waals surface area contributed by atoms with Gasteiger partial charge in [0.05, 0.1) is 0 Å². The molecule has 21 heavy (non-hydrogen) atoms. The number of hydrogen-bond donors (Lipinski definition) is 3. The van der Waals surface area contributed by atoms with Crippen LogP contribution in [-0.2, 0) is 4.79 Å². The predicted octanol–water partition coefficient (Wildman–Crippen LogP) is 2.31. The quantitative estimate of drug-likeness (QED) is 0.722. The van der Waals surface area contributed by atoms with Gasteiger partial charge in [0.1, 0.15) is 0 Å². The van der Waals surface area contributed by atoms with Gasteiger partial charge in [0.15, 0.2) is 0 Å². The summed E-state index contributed by atoms with van der Waals surface area (Å²) in [5, 5.41) is 5.58. The van der Waals surface area contributed by atoms with Crippen molar-refractivity contribution in [3.8, 4) is 0 Å². The third-order valence-corrected chi connectivity index (χ3v) is 2.77. The largest absolute Gasteiger partial charge is 0.352 e. The molecular weight excluding hydrogens is 290 g/mol. The third-order valence-electron chi connectivity index (χ3n) is 2.77. The van der Waals surface area contributed by atoms with Gasteiger partial charge in [0.2, 0.25) is 5.91 Å². The Morgan fingerprint density at radius 1 is 1.33 bits per heavy atom. The van der Waals surface area contributed by atoms with E-state index in [4.69, 9.17) is 5.73 Å². The Bertz CT molecular complexity index is 464. The van der Waals surface area contributed by atoms with Gasteiger partial charge in [-0.2, -0.15) is 0 Å². The van der Waals surface area contributed by atoms with E-state index in [1.807, 2.05) is 13.8 Å². The second-order valence-electron chi connectivity index (χ2n) is 4.90. The molecule has 0 bridgehead atoms. The summed E-state index contributed by atoms with van der Waals surface area (Å²) in [5.74, 6) is -0.216. The first-order valence-corrected chi connectivity index (χ1v) is 6.96. The smallest absolute Gasteiger partial charge is 0.251 e. The summed E-state index contributed by atoms with van der Waals surface area (Å²) in [6, 6.07) is 6.92. The second-order valence-corrected chi connectivity index (χ2v) is 4.90. The molecule has 2 amide bonds. The maximum Gasteiger partial charge on any atom is 0.251 e. The first kappa shape index (κ1) is 19.4. The van der Waals surface area contributed by atoms with Gasteiger partial charge < -0.3 is 16.4 Å². The number of rotatable bonds is 7. The minimum Gasteiger partial charge on any atom is -0.352 e. The number of amides is 2. The molecule has 0 fully saturated rings. The van der Waals surface area contributed by atoms with E-state index in [-0.39, 0.29) is 30.3 Å². The second kappa shape index (κ2) is 10.2. The number of halogens is 1. The molecule has 6 heteroatoms. The maximum atomic E-state index is 11.8. The average Bonchev–Trinajstić information content (AvgIpc) is 2.42. The lowest BCUT2D eigenvalue weighted by atomic mass is 10.1. The first-order valence-electron chi connectivity index (χ1n) is 6.96. The number of carbonyl (C=O) groups excluding carboxylic acids is 2. The van der Waals surface area contributed by atoms with Gasteiger partial charge in [-0.25, -0.2) is 0 Å². The maximum absolute atomic E-state index is 11.8. The highest BCUT2D eigenvalue weighted by Crippen LogP contribution is 2.11. The highest BCUT2D eigenvalue weighted by atomic mass is 35.5. The molecule has 1 rings (SSSR count). The molecule has 118 valence electrons. The molecule has 0 aromatic heterocycles. The molecule has 0 saturated carbocycles. The molecule has 0 aliphatic carbocycles. The zero-order chi connectivity index (χ0) is 15.0. The monoisotopic (exact) mass is 313 g/mol. The molecule has 0 saturated heterocycles. The Morgan fingerprint density at radius 2 is 2.05 bits per heavy atom. The number of carbonyl (C=O) groups is 2. The van der Waals surface area contributed by atoms with E-state index < -0.39 is 0 Å². The van der Waals surface area contributed by atoms with Crippen molar-refractivity contribution in [1.29, 1.82) is 0 Å². The number of nitrogens with two attached hydrogens (primary N) is 1. The van der Waals surface area contributed by atoms with E-state index in [1.54, 1.807) is 24.3 Å². The summed E-state index contributed by atoms with van der Waals surface area (Å²) >= 11 is 0. The van der Waals surface area contributed by atoms with Crippen molar-refractivity contribution in [3.05, 3.63) is 29.8 Å². The average molecular weight is 314 g/mol. The summed E-state index contributed by atoms with van der Waals surface area (Å²) in [5.41, 5.74) is 6.78. The van der Waals surface area contributed by atoms with Crippen molar-refractivity contribution in [2.75, 3.05) is 11.9 Å². The number of hydrogen-bond acceptors (Lipinski definition) is 3. The van der Waals surface area contributed by atoms with E-state index in [1.165, 1.54) is 0 Å². The van der Waals surface area contributed by atoms with Crippen LogP contribution in [0.5, 0.6) is 0 Å². The van der Waals surface area contributed by atoms with Crippen LogP contribution in [0.1, 0.15) is 43.5 Å². The van der Waals surface area contributed by atoms with Crippen molar-refractivity contribution >= 4 is 29.9 Å². The lowest BCUT2D eigenvalue weighted by Crippen LogP contribution is -2.24. The zero-order valence-electron chi connectivity index (χ0n) is 12.5. The van der Waals surface area contributed by atoms with Crippen molar-refractivity contribution < 1.29 is 9.59 Å². The summed E-state index contributed by atoms with van der Waals surface area (Å²) < 4.78 is 0. The van der Waals surface area contributed by atoms with Crippen LogP contribution in [-0.4, -0.2) is 24.4 Å². The summed E-state index contributed by atoms with van der Waals surface area (Å²) in [4.78, 5) is 23.5. The van der Waals surface area contributed by atoms with Crippen LogP contribution >= 0.6 is 12.4 Å². The Balaban J connectivity index is 0.00000400. The molecule has 0 radical (unpaired) electrons. The fourth-order valence-corrected chi connectivity index (χ4v) is 1.66. The van der Waals surface area contributed by atoms with Gasteiger partial charge in [0.25, 0.3) is 5.91 Å². The standard InChI is InChI=1S/C15H23N3O2.ClH/c1-3-9-17-15(20)12-5-4-6-13(10-12)18-14(19)8-7-11(2)16;/h4-6,10-11H,3,7-9,16H2,1-2H3,(H,17,20)(H,18,19);1H. The topological polar surface area (TPSA) is 84.2 Å². The fourth-order valence-electron chi connectivity index (χ4n) is 1.66. The van der Waals surface area contributed by atoms with Gasteiger partial charge in [0, 0.05) is 30.3 Å². The van der Waals surface area contributed by atoms with E-state index >= 15 is 0 Å². The minimum absolute atomic E-state index is 0. The Kier molecular flexibility index (Phi) is 9.41. The number of nitrogens with one attached hydrogen (secondary N) is 2. The van der Waals surface area contributed by atoms with Gasteiger partial charge >= 0.3 is 0 Å². The normalized spacial score (nSPS) is 11.2. The van der Waals surface area contributed by atoms with E-state index in [0.29, 0.717) is 30.6 Å². The van der Waals surface area contributed by atoms with Gasteiger partial charge in [-0.3, -0.25) is 9.59 Å². The lowest BCUT2D eigenvalue weighted by Gasteiger charge is -2.09. The molecule has 4 N–H and O–H groups in total. The van der Waals surface area contributed by atoms with Crippen LogP contribution in [0.4, 0.5) is 5.69 Å². The zero-order valence-corrected chi connectivity index (χ0v) is 13.3. The summed E-state index contributed by atoms with van der Waals surface area (Å²) in [6.45, 7) is 4.51. The Hall–Kier alpha value is -1.59. The molecule has 5 nitrogen and oxygen atoms in total. The van der Waals surface area contributed by atoms with Crippen LogP contribution in [0, 0.1) is 0 Å². The molecule has 1 atom stereocenters. The SMILES string of the molecule is CCCNC(=O)c1cccc(NC(=O)CCC(C)N)c1.Cl. The highest BCUT2D eigenvalue weighted by Gasteiger charge is 2.08. The van der Waals surface area contributed by atoms with E-state index in [0.717, 1.165) is 6.42 Å². The van der Waals surface area contributed by atoms with Crippen LogP contribution in [0.2, 0.25) is 0 Å². The van der Waals surface area contributed by atoms with Gasteiger partial charge in [-0.1, -0.05) is 13.0 Å². The van der Waals surface area contributed by atoms with E-state index in [9.17, 15) is 9.59 Å². The van der Waals surface area contributed by atoms with Crippen molar-refractivity contribution in [2.45, 2.75) is 39.2 Å². The van der Waals surface area contributed by atoms with Crippen LogP contribution in [0.3, 0.4) is 0 Å².